The molecule has 3 aromatic rings. The Labute approximate surface area is 214 Å². The molecular weight excluding hydrogens is 537 g/mol. The Hall–Kier alpha value is -2.77. The Morgan fingerprint density at radius 2 is 1.84 bits per heavy atom. The molecule has 198 valence electrons. The maximum absolute atomic E-state index is 15.2. The minimum atomic E-state index is -4.38. The lowest BCUT2D eigenvalue weighted by molar-refractivity contribution is -0.192. The second kappa shape index (κ2) is 9.84. The van der Waals surface area contributed by atoms with Crippen LogP contribution in [0.4, 0.5) is 27.1 Å². The fraction of sp³-hybridized carbons (Fsp3) is 0.375. The highest BCUT2D eigenvalue weighted by Crippen LogP contribution is 2.48. The van der Waals surface area contributed by atoms with Gasteiger partial charge in [-0.15, -0.1) is 11.3 Å². The van der Waals surface area contributed by atoms with Crippen LogP contribution in [0.1, 0.15) is 42.5 Å². The number of rotatable bonds is 5. The number of anilines is 1. The van der Waals surface area contributed by atoms with Gasteiger partial charge in [-0.05, 0) is 43.1 Å². The van der Waals surface area contributed by atoms with Gasteiger partial charge in [0.05, 0.1) is 12.5 Å². The smallest absolute Gasteiger partial charge is 0.391 e. The molecule has 2 aliphatic heterocycles. The summed E-state index contributed by atoms with van der Waals surface area (Å²) in [7, 11) is -4.30. The molecule has 3 heterocycles. The third kappa shape index (κ3) is 5.30. The fourth-order valence-electron chi connectivity index (χ4n) is 5.03. The van der Waals surface area contributed by atoms with Crippen LogP contribution in [0.15, 0.2) is 52.9 Å². The van der Waals surface area contributed by atoms with E-state index in [1.165, 1.54) is 30.5 Å². The van der Waals surface area contributed by atoms with E-state index in [1.807, 2.05) is 4.90 Å². The monoisotopic (exact) mass is 559 g/mol. The van der Waals surface area contributed by atoms with E-state index in [0.717, 1.165) is 23.5 Å². The highest BCUT2D eigenvalue weighted by atomic mass is 32.2. The lowest BCUT2D eigenvalue weighted by Gasteiger charge is -2.46. The van der Waals surface area contributed by atoms with E-state index in [9.17, 15) is 26.0 Å². The van der Waals surface area contributed by atoms with E-state index in [2.05, 4.69) is 9.71 Å². The third-order valence-electron chi connectivity index (χ3n) is 6.78. The predicted octanol–water partition coefficient (Wildman–Crippen LogP) is 6.06. The van der Waals surface area contributed by atoms with Crippen molar-refractivity contribution >= 4 is 26.5 Å². The zero-order valence-corrected chi connectivity index (χ0v) is 20.8. The largest absolute Gasteiger partial charge is 0.493 e. The summed E-state index contributed by atoms with van der Waals surface area (Å²) in [5, 5.41) is 1.64. The van der Waals surface area contributed by atoms with Crippen molar-refractivity contribution in [3.8, 4) is 5.75 Å². The predicted molar refractivity (Wildman–Crippen MR) is 127 cm³/mol. The lowest BCUT2D eigenvalue weighted by Crippen LogP contribution is -2.44. The quantitative estimate of drug-likeness (QED) is 0.385. The van der Waals surface area contributed by atoms with Crippen LogP contribution >= 0.6 is 11.3 Å². The summed E-state index contributed by atoms with van der Waals surface area (Å²) >= 11 is 1.03. The van der Waals surface area contributed by atoms with Gasteiger partial charge in [-0.3, -0.25) is 9.62 Å². The van der Waals surface area contributed by atoms with Crippen molar-refractivity contribution in [3.05, 3.63) is 70.7 Å². The molecule has 0 aliphatic carbocycles. The zero-order chi connectivity index (χ0) is 26.4. The number of benzene rings is 2. The Bertz CT molecular complexity index is 1370. The minimum Gasteiger partial charge on any atom is -0.493 e. The number of hydrogen-bond donors (Lipinski definition) is 1. The van der Waals surface area contributed by atoms with Gasteiger partial charge in [0.2, 0.25) is 0 Å². The number of nitrogens with one attached hydrogen (secondary N) is 1. The molecule has 5 rings (SSSR count). The first-order valence-electron chi connectivity index (χ1n) is 11.5. The van der Waals surface area contributed by atoms with E-state index in [4.69, 9.17) is 4.74 Å². The first-order chi connectivity index (χ1) is 17.5. The molecule has 0 saturated carbocycles. The van der Waals surface area contributed by atoms with Crippen LogP contribution in [0.2, 0.25) is 0 Å². The third-order valence-corrected chi connectivity index (χ3v) is 8.95. The summed E-state index contributed by atoms with van der Waals surface area (Å²) in [6, 6.07) is 6.29. The Morgan fingerprint density at radius 3 is 2.51 bits per heavy atom. The van der Waals surface area contributed by atoms with Crippen molar-refractivity contribution in [3.63, 3.8) is 0 Å². The standard InChI is InChI=1S/C24H22F5N3O3S2/c25-16-3-1-14(2-4-16)20-11-15(24(27,28)29)5-8-32(20)19-6-9-35-21-13-22(18(26)12-17(19)21)37(33,34)31-23-30-7-10-36-23/h1-4,7,10,12-13,15,19-20H,5-6,8-9,11H2,(H,30,31)/t15-,19?,20+/m0/s1. The van der Waals surface area contributed by atoms with Gasteiger partial charge in [-0.2, -0.15) is 13.2 Å². The SMILES string of the molecule is O=S(=O)(Nc1nccs1)c1cc2c(cc1F)C(N1CC[C@H](C(F)(F)F)C[C@@H]1c1ccc(F)cc1)CCO2. The molecule has 2 aliphatic rings. The van der Waals surface area contributed by atoms with E-state index in [-0.39, 0.29) is 36.9 Å². The Kier molecular flexibility index (Phi) is 6.88. The maximum Gasteiger partial charge on any atom is 0.391 e. The van der Waals surface area contributed by atoms with Gasteiger partial charge >= 0.3 is 6.18 Å². The summed E-state index contributed by atoms with van der Waals surface area (Å²) in [6.45, 7) is 0.238. The van der Waals surface area contributed by atoms with Crippen molar-refractivity contribution in [2.45, 2.75) is 42.4 Å². The first-order valence-corrected chi connectivity index (χ1v) is 13.9. The van der Waals surface area contributed by atoms with E-state index in [1.54, 1.807) is 5.38 Å². The summed E-state index contributed by atoms with van der Waals surface area (Å²) in [5.74, 6) is -2.90. The summed E-state index contributed by atoms with van der Waals surface area (Å²) in [5.41, 5.74) is 0.880. The number of aromatic nitrogens is 1. The molecule has 1 fully saturated rings. The number of likely N-dealkylation sites (tertiary alicyclic amines) is 1. The normalized spacial score (nSPS) is 22.8. The minimum absolute atomic E-state index is 0.0730. The van der Waals surface area contributed by atoms with Crippen molar-refractivity contribution < 1.29 is 35.1 Å². The van der Waals surface area contributed by atoms with Crippen LogP contribution in [0.3, 0.4) is 0 Å². The molecule has 1 unspecified atom stereocenters. The van der Waals surface area contributed by atoms with Gasteiger partial charge < -0.3 is 4.74 Å². The van der Waals surface area contributed by atoms with Gasteiger partial charge in [-0.25, -0.2) is 22.2 Å². The second-order valence-corrected chi connectivity index (χ2v) is 11.5. The van der Waals surface area contributed by atoms with Crippen LogP contribution in [-0.2, 0) is 10.0 Å². The maximum atomic E-state index is 15.2. The highest BCUT2D eigenvalue weighted by Gasteiger charge is 2.46. The Balaban J connectivity index is 1.50. The number of piperidine rings is 1. The molecule has 1 aromatic heterocycles. The van der Waals surface area contributed by atoms with E-state index in [0.29, 0.717) is 17.5 Å². The van der Waals surface area contributed by atoms with Crippen molar-refractivity contribution in [1.82, 2.24) is 9.88 Å². The molecular formula is C24H22F5N3O3S2. The molecule has 0 amide bonds. The molecule has 3 atom stereocenters. The number of halogens is 5. The number of alkyl halides is 3. The van der Waals surface area contributed by atoms with Crippen LogP contribution in [-0.4, -0.2) is 37.6 Å². The summed E-state index contributed by atoms with van der Waals surface area (Å²) in [6.07, 6.45) is -2.98. The number of fused-ring (bicyclic) bond motifs is 1. The summed E-state index contributed by atoms with van der Waals surface area (Å²) in [4.78, 5) is 5.09. The number of ether oxygens (including phenoxy) is 1. The summed E-state index contributed by atoms with van der Waals surface area (Å²) < 4.78 is 103. The first kappa shape index (κ1) is 25.9. The molecule has 0 bridgehead atoms. The topological polar surface area (TPSA) is 71.5 Å². The molecule has 13 heteroatoms. The average molecular weight is 560 g/mol. The molecule has 1 saturated heterocycles. The van der Waals surface area contributed by atoms with E-state index >= 15 is 4.39 Å². The molecule has 2 aromatic carbocycles. The van der Waals surface area contributed by atoms with Crippen molar-refractivity contribution in [2.24, 2.45) is 5.92 Å². The second-order valence-electron chi connectivity index (χ2n) is 8.98. The van der Waals surface area contributed by atoms with Gasteiger partial charge in [0.25, 0.3) is 10.0 Å². The number of sulfonamides is 1. The van der Waals surface area contributed by atoms with Gasteiger partial charge in [-0.1, -0.05) is 12.1 Å². The molecule has 0 spiro atoms. The van der Waals surface area contributed by atoms with Crippen molar-refractivity contribution in [1.29, 1.82) is 0 Å². The molecule has 37 heavy (non-hydrogen) atoms. The molecule has 0 radical (unpaired) electrons. The van der Waals surface area contributed by atoms with Crippen LogP contribution < -0.4 is 9.46 Å². The molecule has 6 nitrogen and oxygen atoms in total. The van der Waals surface area contributed by atoms with E-state index < -0.39 is 50.7 Å². The van der Waals surface area contributed by atoms with Crippen molar-refractivity contribution in [2.75, 3.05) is 17.9 Å². The fourth-order valence-corrected chi connectivity index (χ4v) is 6.90. The zero-order valence-electron chi connectivity index (χ0n) is 19.2. The number of thiazole rings is 1. The van der Waals surface area contributed by atoms with Crippen LogP contribution in [0.25, 0.3) is 0 Å². The lowest BCUT2D eigenvalue weighted by atomic mass is 9.84. The average Bonchev–Trinajstić information content (AvgIpc) is 3.35. The van der Waals surface area contributed by atoms with Crippen LogP contribution in [0, 0.1) is 17.6 Å². The Morgan fingerprint density at radius 1 is 1.08 bits per heavy atom. The van der Waals surface area contributed by atoms with Gasteiger partial charge in [0.15, 0.2) is 5.13 Å². The van der Waals surface area contributed by atoms with Gasteiger partial charge in [0, 0.05) is 41.7 Å². The number of nitrogens with zero attached hydrogens (tertiary/aromatic N) is 2. The van der Waals surface area contributed by atoms with Crippen LogP contribution in [0.5, 0.6) is 5.75 Å². The number of hydrogen-bond acceptors (Lipinski definition) is 6. The molecule has 1 N–H and O–H groups in total. The van der Waals surface area contributed by atoms with Gasteiger partial charge in [0.1, 0.15) is 22.3 Å². The highest BCUT2D eigenvalue weighted by molar-refractivity contribution is 7.93.